The van der Waals surface area contributed by atoms with E-state index in [1.807, 2.05) is 48.5 Å². The van der Waals surface area contributed by atoms with Gasteiger partial charge < -0.3 is 16.2 Å². The number of amides is 3. The van der Waals surface area contributed by atoms with Crippen LogP contribution in [0, 0.1) is 11.6 Å². The molecule has 4 N–H and O–H groups in total. The largest absolute Gasteiger partial charge is 0.477 e. The number of nitrogens with one attached hydrogen (secondary N) is 1. The molecule has 0 aliphatic carbocycles. The molecule has 0 bridgehead atoms. The van der Waals surface area contributed by atoms with Gasteiger partial charge in [0.15, 0.2) is 0 Å². The smallest absolute Gasteiger partial charge is 0.352 e. The summed E-state index contributed by atoms with van der Waals surface area (Å²) in [6.45, 7) is 0. The lowest BCUT2D eigenvalue weighted by molar-refractivity contribution is -0.132. The Morgan fingerprint density at radius 1 is 0.686 bits per heavy atom. The Morgan fingerprint density at radius 2 is 1.14 bits per heavy atom. The minimum Gasteiger partial charge on any atom is -0.477 e. The quantitative estimate of drug-likeness (QED) is 0.212. The van der Waals surface area contributed by atoms with Crippen molar-refractivity contribution < 1.29 is 33.1 Å². The van der Waals surface area contributed by atoms with Gasteiger partial charge in [-0.05, 0) is 83.6 Å². The van der Waals surface area contributed by atoms with E-state index in [4.69, 9.17) is 10.8 Å². The molecule has 0 unspecified atom stereocenters. The van der Waals surface area contributed by atoms with Crippen LogP contribution < -0.4 is 11.1 Å². The van der Waals surface area contributed by atoms with E-state index in [9.17, 15) is 28.0 Å². The van der Waals surface area contributed by atoms with Crippen molar-refractivity contribution in [2.45, 2.75) is 38.5 Å². The van der Waals surface area contributed by atoms with E-state index in [1.54, 1.807) is 30.3 Å². The zero-order valence-corrected chi connectivity index (χ0v) is 28.2. The topological polar surface area (TPSA) is 158 Å². The van der Waals surface area contributed by atoms with Crippen LogP contribution in [0.15, 0.2) is 107 Å². The van der Waals surface area contributed by atoms with Crippen LogP contribution in [0.4, 0.5) is 20.2 Å². The molecule has 0 fully saturated rings. The van der Waals surface area contributed by atoms with Crippen molar-refractivity contribution in [3.05, 3.63) is 131 Å². The number of hydrogen-bond donors (Lipinski definition) is 3. The highest BCUT2D eigenvalue weighted by Gasteiger charge is 2.22. The van der Waals surface area contributed by atoms with E-state index in [0.29, 0.717) is 24.2 Å². The first-order chi connectivity index (χ1) is 24.4. The highest BCUT2D eigenvalue weighted by molar-refractivity contribution is 6.43. The number of anilines is 2. The maximum absolute atomic E-state index is 13.2. The maximum Gasteiger partial charge on any atom is 0.352 e. The zero-order chi connectivity index (χ0) is 36.9. The van der Waals surface area contributed by atoms with Crippen LogP contribution in [0.25, 0.3) is 0 Å². The predicted molar refractivity (Wildman–Crippen MR) is 191 cm³/mol. The zero-order valence-electron chi connectivity index (χ0n) is 28.2. The van der Waals surface area contributed by atoms with Crippen LogP contribution >= 0.6 is 0 Å². The minimum absolute atomic E-state index is 0.0482. The maximum atomic E-state index is 13.2. The number of hydrogen-bond acceptors (Lipinski definition) is 7. The van der Waals surface area contributed by atoms with Gasteiger partial charge >= 0.3 is 5.97 Å². The molecule has 0 atom stereocenters. The molecule has 13 heteroatoms. The van der Waals surface area contributed by atoms with Crippen molar-refractivity contribution >= 4 is 46.5 Å². The van der Waals surface area contributed by atoms with Crippen LogP contribution in [0.3, 0.4) is 0 Å². The third kappa shape index (κ3) is 12.0. The second kappa shape index (κ2) is 18.0. The summed E-state index contributed by atoms with van der Waals surface area (Å²) in [5.41, 5.74) is 11.4. The van der Waals surface area contributed by atoms with Gasteiger partial charge in [-0.25, -0.2) is 23.6 Å². The summed E-state index contributed by atoms with van der Waals surface area (Å²) < 4.78 is 26.1. The number of carbonyl (C=O) groups is 4. The molecule has 2 aliphatic heterocycles. The molecule has 2 aliphatic rings. The molecular formula is C38H38F2N6O5. The number of benzene rings is 4. The highest BCUT2D eigenvalue weighted by atomic mass is 19.1. The normalized spacial score (nSPS) is 13.9. The summed E-state index contributed by atoms with van der Waals surface area (Å²) in [4.78, 5) is 44.7. The molecule has 0 saturated carbocycles. The number of halogens is 2. The molecule has 11 nitrogen and oxygen atoms in total. The number of aliphatic carboxylic acids is 1. The second-order valence-corrected chi connectivity index (χ2v) is 11.7. The Labute approximate surface area is 294 Å². The Balaban J connectivity index is 0.000000190. The summed E-state index contributed by atoms with van der Waals surface area (Å²) in [7, 11) is 2.99. The lowest BCUT2D eigenvalue weighted by atomic mass is 10.0. The molecule has 0 saturated heterocycles. The van der Waals surface area contributed by atoms with Gasteiger partial charge in [0, 0.05) is 51.2 Å². The van der Waals surface area contributed by atoms with Gasteiger partial charge in [0.2, 0.25) is 11.8 Å². The van der Waals surface area contributed by atoms with Gasteiger partial charge in [-0.3, -0.25) is 14.4 Å². The standard InChI is InChI=1S/C19H18FN3O2.C13H12FN.C6H8N2O3/c1-23-18(24)10-9-17(22-23)19(25)21-16-7-5-13(6-8-16)11-14-3-2-4-15(20)12-14;14-12-3-1-2-11(9-12)8-10-4-6-13(15)7-5-10;1-8-5(9)3-2-4(7-8)6(10)11/h2-8,12H,9-11H2,1H3,(H,21,25);1-7,9H,8,15H2;2-3H2,1H3,(H,10,11). The summed E-state index contributed by atoms with van der Waals surface area (Å²) >= 11 is 0. The number of nitrogens with two attached hydrogens (primary N) is 1. The molecule has 6 rings (SSSR count). The second-order valence-electron chi connectivity index (χ2n) is 11.7. The van der Waals surface area contributed by atoms with Gasteiger partial charge in [0.1, 0.15) is 23.1 Å². The van der Waals surface area contributed by atoms with Crippen LogP contribution in [-0.2, 0) is 32.0 Å². The third-order valence-corrected chi connectivity index (χ3v) is 7.71. The predicted octanol–water partition coefficient (Wildman–Crippen LogP) is 5.64. The van der Waals surface area contributed by atoms with Gasteiger partial charge in [0.25, 0.3) is 5.91 Å². The summed E-state index contributed by atoms with van der Waals surface area (Å²) in [5, 5.41) is 21.1. The van der Waals surface area contributed by atoms with Crippen molar-refractivity contribution in [2.75, 3.05) is 25.1 Å². The molecule has 264 valence electrons. The number of carboxylic acids is 1. The fourth-order valence-corrected chi connectivity index (χ4v) is 4.97. The third-order valence-electron chi connectivity index (χ3n) is 7.71. The van der Waals surface area contributed by atoms with E-state index >= 15 is 0 Å². The summed E-state index contributed by atoms with van der Waals surface area (Å²) in [6, 6.07) is 28.1. The highest BCUT2D eigenvalue weighted by Crippen LogP contribution is 2.16. The van der Waals surface area contributed by atoms with Gasteiger partial charge in [-0.2, -0.15) is 10.2 Å². The van der Waals surface area contributed by atoms with Crippen molar-refractivity contribution in [3.63, 3.8) is 0 Å². The van der Waals surface area contributed by atoms with Crippen molar-refractivity contribution in [1.29, 1.82) is 0 Å². The Hall–Kier alpha value is -6.24. The number of nitrogen functional groups attached to an aromatic ring is 1. The monoisotopic (exact) mass is 696 g/mol. The lowest BCUT2D eigenvalue weighted by Crippen LogP contribution is -2.34. The van der Waals surface area contributed by atoms with Gasteiger partial charge in [-0.15, -0.1) is 0 Å². The Morgan fingerprint density at radius 3 is 1.59 bits per heavy atom. The average Bonchev–Trinajstić information content (AvgIpc) is 3.10. The number of nitrogens with zero attached hydrogens (tertiary/aromatic N) is 4. The van der Waals surface area contributed by atoms with Crippen LogP contribution in [0.5, 0.6) is 0 Å². The Kier molecular flexibility index (Phi) is 13.2. The lowest BCUT2D eigenvalue weighted by Gasteiger charge is -2.18. The van der Waals surface area contributed by atoms with E-state index in [1.165, 1.54) is 37.3 Å². The van der Waals surface area contributed by atoms with Crippen molar-refractivity contribution in [1.82, 2.24) is 10.0 Å². The number of rotatable bonds is 7. The number of carbonyl (C=O) groups excluding carboxylic acids is 3. The first-order valence-electron chi connectivity index (χ1n) is 16.0. The molecule has 0 aromatic heterocycles. The van der Waals surface area contributed by atoms with Gasteiger partial charge in [0.05, 0.1) is 0 Å². The first-order valence-corrected chi connectivity index (χ1v) is 16.0. The molecule has 4 aromatic rings. The van der Waals surface area contributed by atoms with Crippen LogP contribution in [0.1, 0.15) is 47.9 Å². The molecule has 0 spiro atoms. The fourth-order valence-electron chi connectivity index (χ4n) is 4.97. The van der Waals surface area contributed by atoms with E-state index in [0.717, 1.165) is 39.4 Å². The molecule has 3 amide bonds. The van der Waals surface area contributed by atoms with Crippen LogP contribution in [0.2, 0.25) is 0 Å². The molecule has 0 radical (unpaired) electrons. The average molecular weight is 697 g/mol. The minimum atomic E-state index is -1.05. The van der Waals surface area contributed by atoms with E-state index in [2.05, 4.69) is 15.5 Å². The number of hydrazone groups is 2. The molecular weight excluding hydrogens is 658 g/mol. The molecule has 51 heavy (non-hydrogen) atoms. The summed E-state index contributed by atoms with van der Waals surface area (Å²) in [6.07, 6.45) is 2.45. The van der Waals surface area contributed by atoms with E-state index in [-0.39, 0.29) is 54.3 Å². The van der Waals surface area contributed by atoms with Crippen molar-refractivity contribution in [3.8, 4) is 0 Å². The first kappa shape index (κ1) is 37.6. The molecule has 2 heterocycles. The van der Waals surface area contributed by atoms with Gasteiger partial charge in [-0.1, -0.05) is 48.5 Å². The Bertz CT molecular complexity index is 1930. The van der Waals surface area contributed by atoms with Crippen LogP contribution in [-0.4, -0.2) is 64.3 Å². The van der Waals surface area contributed by atoms with E-state index < -0.39 is 5.97 Å². The molecule has 4 aromatic carbocycles. The van der Waals surface area contributed by atoms with Crippen molar-refractivity contribution in [2.24, 2.45) is 10.2 Å². The fraction of sp³-hybridized carbons (Fsp3) is 0.211. The number of carboxylic acid groups (broad SMARTS) is 1. The SMILES string of the molecule is CN1N=C(C(=O)Nc2ccc(Cc3cccc(F)c3)cc2)CCC1=O.CN1N=C(C(=O)O)CCC1=O.Nc1ccc(Cc2cccc(F)c2)cc1. The summed E-state index contributed by atoms with van der Waals surface area (Å²) in [5.74, 6) is -2.05.